The van der Waals surface area contributed by atoms with Crippen molar-refractivity contribution in [2.75, 3.05) is 0 Å². The van der Waals surface area contributed by atoms with E-state index in [9.17, 15) is 4.79 Å². The van der Waals surface area contributed by atoms with Crippen LogP contribution in [-0.2, 0) is 9.53 Å². The SMILES string of the molecule is CCC(=O)O[C@H]1CCCC[C@@H]1c1cccc(OC2CCCCC2)c1. The Balaban J connectivity index is 1.69. The molecule has 2 atom stereocenters. The van der Waals surface area contributed by atoms with Gasteiger partial charge in [0.1, 0.15) is 11.9 Å². The van der Waals surface area contributed by atoms with E-state index in [4.69, 9.17) is 9.47 Å². The van der Waals surface area contributed by atoms with E-state index in [0.717, 1.165) is 25.0 Å². The molecule has 132 valence electrons. The van der Waals surface area contributed by atoms with Gasteiger partial charge in [-0.3, -0.25) is 4.79 Å². The Labute approximate surface area is 145 Å². The van der Waals surface area contributed by atoms with Gasteiger partial charge >= 0.3 is 5.97 Å². The molecule has 0 amide bonds. The molecule has 0 heterocycles. The molecule has 2 saturated carbocycles. The summed E-state index contributed by atoms with van der Waals surface area (Å²) < 4.78 is 11.9. The van der Waals surface area contributed by atoms with Crippen LogP contribution in [0.4, 0.5) is 0 Å². The van der Waals surface area contributed by atoms with Crippen LogP contribution in [0.1, 0.15) is 82.6 Å². The Morgan fingerprint density at radius 2 is 1.79 bits per heavy atom. The van der Waals surface area contributed by atoms with Crippen molar-refractivity contribution >= 4 is 5.97 Å². The topological polar surface area (TPSA) is 35.5 Å². The normalized spacial score (nSPS) is 25.2. The van der Waals surface area contributed by atoms with Gasteiger partial charge in [0.05, 0.1) is 6.10 Å². The summed E-state index contributed by atoms with van der Waals surface area (Å²) in [7, 11) is 0. The third-order valence-electron chi connectivity index (χ3n) is 5.42. The molecule has 0 saturated heterocycles. The molecule has 0 spiro atoms. The second-order valence-electron chi connectivity index (χ2n) is 7.22. The second-order valence-corrected chi connectivity index (χ2v) is 7.22. The number of ether oxygens (including phenoxy) is 2. The zero-order chi connectivity index (χ0) is 16.8. The molecule has 3 heteroatoms. The third kappa shape index (κ3) is 4.52. The van der Waals surface area contributed by atoms with E-state index in [1.165, 1.54) is 44.1 Å². The first kappa shape index (κ1) is 17.3. The number of hydrogen-bond donors (Lipinski definition) is 0. The molecule has 0 aliphatic heterocycles. The Kier molecular flexibility index (Phi) is 6.17. The lowest BCUT2D eigenvalue weighted by molar-refractivity contribution is -0.151. The molecule has 2 aliphatic carbocycles. The summed E-state index contributed by atoms with van der Waals surface area (Å²) in [5.41, 5.74) is 1.26. The maximum absolute atomic E-state index is 11.7. The van der Waals surface area contributed by atoms with Crippen molar-refractivity contribution in [1.82, 2.24) is 0 Å². The van der Waals surface area contributed by atoms with Gasteiger partial charge in [-0.2, -0.15) is 0 Å². The fraction of sp³-hybridized carbons (Fsp3) is 0.667. The molecular formula is C21H30O3. The quantitative estimate of drug-likeness (QED) is 0.680. The lowest BCUT2D eigenvalue weighted by Crippen LogP contribution is -2.28. The minimum Gasteiger partial charge on any atom is -0.490 e. The fourth-order valence-electron chi connectivity index (χ4n) is 4.07. The predicted molar refractivity (Wildman–Crippen MR) is 95.3 cm³/mol. The zero-order valence-electron chi connectivity index (χ0n) is 14.8. The van der Waals surface area contributed by atoms with Crippen LogP contribution in [-0.4, -0.2) is 18.2 Å². The van der Waals surface area contributed by atoms with Gasteiger partial charge in [-0.15, -0.1) is 0 Å². The lowest BCUT2D eigenvalue weighted by atomic mass is 9.81. The van der Waals surface area contributed by atoms with Gasteiger partial charge in [0.15, 0.2) is 0 Å². The van der Waals surface area contributed by atoms with Gasteiger partial charge < -0.3 is 9.47 Å². The molecule has 1 aromatic carbocycles. The smallest absolute Gasteiger partial charge is 0.305 e. The molecule has 0 N–H and O–H groups in total. The third-order valence-corrected chi connectivity index (χ3v) is 5.42. The van der Waals surface area contributed by atoms with Crippen molar-refractivity contribution in [3.63, 3.8) is 0 Å². The van der Waals surface area contributed by atoms with E-state index in [1.54, 1.807) is 0 Å². The Hall–Kier alpha value is -1.51. The van der Waals surface area contributed by atoms with Crippen molar-refractivity contribution in [1.29, 1.82) is 0 Å². The molecule has 24 heavy (non-hydrogen) atoms. The number of esters is 1. The molecule has 2 aliphatic rings. The first-order valence-electron chi connectivity index (χ1n) is 9.72. The summed E-state index contributed by atoms with van der Waals surface area (Å²) >= 11 is 0. The van der Waals surface area contributed by atoms with Gasteiger partial charge in [-0.1, -0.05) is 31.9 Å². The van der Waals surface area contributed by atoms with Gasteiger partial charge in [-0.25, -0.2) is 0 Å². The van der Waals surface area contributed by atoms with E-state index in [2.05, 4.69) is 24.3 Å². The first-order chi connectivity index (χ1) is 11.8. The van der Waals surface area contributed by atoms with Gasteiger partial charge in [0, 0.05) is 12.3 Å². The molecule has 1 aromatic rings. The summed E-state index contributed by atoms with van der Waals surface area (Å²) in [6.07, 6.45) is 11.5. The maximum Gasteiger partial charge on any atom is 0.305 e. The Bertz CT molecular complexity index is 534. The summed E-state index contributed by atoms with van der Waals surface area (Å²) in [5.74, 6) is 1.20. The average molecular weight is 330 g/mol. The summed E-state index contributed by atoms with van der Waals surface area (Å²) in [6, 6.07) is 8.49. The van der Waals surface area contributed by atoms with Crippen LogP contribution in [0.2, 0.25) is 0 Å². The highest BCUT2D eigenvalue weighted by Crippen LogP contribution is 2.37. The standard InChI is InChI=1S/C21H30O3/c1-2-21(22)24-20-14-7-6-13-19(20)16-9-8-12-18(15-16)23-17-10-4-3-5-11-17/h8-9,12,15,17,19-20H,2-7,10-11,13-14H2,1H3/t19-,20+/m1/s1. The second kappa shape index (κ2) is 8.55. The van der Waals surface area contributed by atoms with Crippen LogP contribution in [0.5, 0.6) is 5.75 Å². The molecule has 0 unspecified atom stereocenters. The molecule has 2 fully saturated rings. The van der Waals surface area contributed by atoms with Crippen LogP contribution in [0.25, 0.3) is 0 Å². The fourth-order valence-corrected chi connectivity index (χ4v) is 4.07. The largest absolute Gasteiger partial charge is 0.490 e. The van der Waals surface area contributed by atoms with Crippen molar-refractivity contribution in [3.8, 4) is 5.75 Å². The Morgan fingerprint density at radius 3 is 2.58 bits per heavy atom. The lowest BCUT2D eigenvalue weighted by Gasteiger charge is -2.32. The summed E-state index contributed by atoms with van der Waals surface area (Å²) in [6.45, 7) is 1.86. The van der Waals surface area contributed by atoms with E-state index in [-0.39, 0.29) is 12.1 Å². The number of rotatable bonds is 5. The number of hydrogen-bond acceptors (Lipinski definition) is 3. The number of carbonyl (C=O) groups is 1. The molecule has 0 radical (unpaired) electrons. The Morgan fingerprint density at radius 1 is 1.04 bits per heavy atom. The van der Waals surface area contributed by atoms with Crippen molar-refractivity contribution in [2.45, 2.75) is 89.3 Å². The van der Waals surface area contributed by atoms with Crippen LogP contribution in [0.3, 0.4) is 0 Å². The van der Waals surface area contributed by atoms with E-state index < -0.39 is 0 Å². The predicted octanol–water partition coefficient (Wildman–Crippen LogP) is 5.38. The summed E-state index contributed by atoms with van der Waals surface area (Å²) in [4.78, 5) is 11.7. The number of benzene rings is 1. The highest BCUT2D eigenvalue weighted by molar-refractivity contribution is 5.69. The maximum atomic E-state index is 11.7. The molecule has 0 aromatic heterocycles. The van der Waals surface area contributed by atoms with E-state index >= 15 is 0 Å². The molecule has 3 rings (SSSR count). The van der Waals surface area contributed by atoms with Gasteiger partial charge in [0.25, 0.3) is 0 Å². The van der Waals surface area contributed by atoms with Crippen molar-refractivity contribution in [3.05, 3.63) is 29.8 Å². The monoisotopic (exact) mass is 330 g/mol. The number of carbonyl (C=O) groups excluding carboxylic acids is 1. The highest BCUT2D eigenvalue weighted by atomic mass is 16.5. The average Bonchev–Trinajstić information content (AvgIpc) is 2.63. The van der Waals surface area contributed by atoms with Gasteiger partial charge in [0.2, 0.25) is 0 Å². The van der Waals surface area contributed by atoms with E-state index in [0.29, 0.717) is 18.4 Å². The molecule has 0 bridgehead atoms. The minimum absolute atomic E-state index is 0.0242. The van der Waals surface area contributed by atoms with Gasteiger partial charge in [-0.05, 0) is 62.6 Å². The first-order valence-corrected chi connectivity index (χ1v) is 9.72. The molecular weight excluding hydrogens is 300 g/mol. The van der Waals surface area contributed by atoms with Crippen LogP contribution >= 0.6 is 0 Å². The van der Waals surface area contributed by atoms with Crippen molar-refractivity contribution in [2.24, 2.45) is 0 Å². The highest BCUT2D eigenvalue weighted by Gasteiger charge is 2.29. The van der Waals surface area contributed by atoms with Crippen LogP contribution in [0, 0.1) is 0 Å². The van der Waals surface area contributed by atoms with Crippen molar-refractivity contribution < 1.29 is 14.3 Å². The van der Waals surface area contributed by atoms with Crippen LogP contribution in [0.15, 0.2) is 24.3 Å². The van der Waals surface area contributed by atoms with Crippen LogP contribution < -0.4 is 4.74 Å². The zero-order valence-corrected chi connectivity index (χ0v) is 14.8. The minimum atomic E-state index is -0.0819. The summed E-state index contributed by atoms with van der Waals surface area (Å²) in [5, 5.41) is 0. The van der Waals surface area contributed by atoms with E-state index in [1.807, 2.05) is 6.92 Å². The molecule has 3 nitrogen and oxygen atoms in total.